The number of aliphatic hydroxyl groups is 1. The van der Waals surface area contributed by atoms with E-state index >= 15 is 0 Å². The first-order valence-electron chi connectivity index (χ1n) is 7.92. The van der Waals surface area contributed by atoms with E-state index in [9.17, 15) is 10.2 Å². The van der Waals surface area contributed by atoms with Gasteiger partial charge in [0.15, 0.2) is 17.7 Å². The maximum Gasteiger partial charge on any atom is 0.183 e. The first kappa shape index (κ1) is 17.7. The number of hydrazone groups is 1. The standard InChI is InChI=1S/C17H24N4O3/c1-4-7-12(3)21-11-14(20-21)17(23)19-18-10-13-8-6-9-15(16(13)22)24-5-2/h6-11,17,19-20,22-23H,4-5H2,1-3H3/b12-7+,18-10+. The van der Waals surface area contributed by atoms with Crippen LogP contribution >= 0.6 is 0 Å². The smallest absolute Gasteiger partial charge is 0.183 e. The monoisotopic (exact) mass is 332 g/mol. The molecule has 0 fully saturated rings. The second-order valence-corrected chi connectivity index (χ2v) is 5.24. The molecular weight excluding hydrogens is 308 g/mol. The highest BCUT2D eigenvalue weighted by Crippen LogP contribution is 2.28. The molecule has 7 heteroatoms. The summed E-state index contributed by atoms with van der Waals surface area (Å²) in [4.78, 5) is 0. The van der Waals surface area contributed by atoms with E-state index in [1.807, 2.05) is 18.5 Å². The van der Waals surface area contributed by atoms with E-state index in [2.05, 4.69) is 28.6 Å². The van der Waals surface area contributed by atoms with E-state index in [0.29, 0.717) is 23.6 Å². The predicted octanol–water partition coefficient (Wildman–Crippen LogP) is 2.81. The molecule has 0 saturated heterocycles. The summed E-state index contributed by atoms with van der Waals surface area (Å²) in [5, 5.41) is 27.0. The van der Waals surface area contributed by atoms with Crippen LogP contribution in [0.25, 0.3) is 5.70 Å². The number of aromatic amines is 1. The van der Waals surface area contributed by atoms with E-state index in [4.69, 9.17) is 4.74 Å². The minimum Gasteiger partial charge on any atom is -0.504 e. The van der Waals surface area contributed by atoms with Crippen LogP contribution in [0.3, 0.4) is 0 Å². The fourth-order valence-corrected chi connectivity index (χ4v) is 2.15. The Balaban J connectivity index is 1.95. The minimum absolute atomic E-state index is 0.0203. The lowest BCUT2D eigenvalue weighted by molar-refractivity contribution is 0.131. The number of benzene rings is 1. The van der Waals surface area contributed by atoms with Crippen molar-refractivity contribution < 1.29 is 14.9 Å². The number of allylic oxidation sites excluding steroid dienone is 2. The lowest BCUT2D eigenvalue weighted by atomic mass is 10.2. The molecule has 1 heterocycles. The van der Waals surface area contributed by atoms with Crippen LogP contribution < -0.4 is 10.2 Å². The molecule has 4 N–H and O–H groups in total. The van der Waals surface area contributed by atoms with Crippen LogP contribution in [0, 0.1) is 0 Å². The largest absolute Gasteiger partial charge is 0.504 e. The maximum atomic E-state index is 10.1. The van der Waals surface area contributed by atoms with Crippen molar-refractivity contribution in [1.29, 1.82) is 0 Å². The second-order valence-electron chi connectivity index (χ2n) is 5.24. The number of aromatic nitrogens is 2. The average Bonchev–Trinajstić information content (AvgIpc) is 2.50. The number of para-hydroxylation sites is 1. The van der Waals surface area contributed by atoms with Crippen molar-refractivity contribution in [3.63, 3.8) is 0 Å². The van der Waals surface area contributed by atoms with Gasteiger partial charge in [-0.3, -0.25) is 15.2 Å². The minimum atomic E-state index is -0.954. The molecule has 2 rings (SSSR count). The summed E-state index contributed by atoms with van der Waals surface area (Å²) in [6.07, 6.45) is 5.29. The topological polar surface area (TPSA) is 94.8 Å². The van der Waals surface area contributed by atoms with E-state index in [-0.39, 0.29) is 5.75 Å². The lowest BCUT2D eigenvalue weighted by Gasteiger charge is -2.19. The van der Waals surface area contributed by atoms with E-state index < -0.39 is 6.23 Å². The Hall–Kier alpha value is -2.67. The molecule has 0 radical (unpaired) electrons. The van der Waals surface area contributed by atoms with Gasteiger partial charge in [-0.1, -0.05) is 19.1 Å². The van der Waals surface area contributed by atoms with Gasteiger partial charge in [-0.15, -0.1) is 0 Å². The van der Waals surface area contributed by atoms with Gasteiger partial charge in [-0.25, -0.2) is 0 Å². The number of ether oxygens (including phenoxy) is 1. The Labute approximate surface area is 141 Å². The van der Waals surface area contributed by atoms with Gasteiger partial charge >= 0.3 is 0 Å². The lowest BCUT2D eigenvalue weighted by Crippen LogP contribution is -2.22. The second kappa shape index (κ2) is 8.26. The van der Waals surface area contributed by atoms with Gasteiger partial charge in [0, 0.05) is 11.3 Å². The molecule has 0 bridgehead atoms. The van der Waals surface area contributed by atoms with Gasteiger partial charge < -0.3 is 14.9 Å². The van der Waals surface area contributed by atoms with Crippen LogP contribution in [0.2, 0.25) is 0 Å². The van der Waals surface area contributed by atoms with Crippen molar-refractivity contribution in [1.82, 2.24) is 15.2 Å². The molecule has 0 spiro atoms. The zero-order valence-electron chi connectivity index (χ0n) is 14.2. The fraction of sp³-hybridized carbons (Fsp3) is 0.353. The fourth-order valence-electron chi connectivity index (χ4n) is 2.15. The summed E-state index contributed by atoms with van der Waals surface area (Å²) in [6, 6.07) is 5.15. The van der Waals surface area contributed by atoms with Crippen LogP contribution in [-0.4, -0.2) is 32.8 Å². The molecule has 0 amide bonds. The summed E-state index contributed by atoms with van der Waals surface area (Å²) >= 11 is 0. The van der Waals surface area contributed by atoms with E-state index in [1.54, 1.807) is 24.4 Å². The molecule has 0 aliphatic carbocycles. The van der Waals surface area contributed by atoms with Crippen LogP contribution in [0.5, 0.6) is 11.5 Å². The van der Waals surface area contributed by atoms with Crippen LogP contribution in [-0.2, 0) is 0 Å². The van der Waals surface area contributed by atoms with Gasteiger partial charge in [-0.05, 0) is 32.4 Å². The van der Waals surface area contributed by atoms with Crippen molar-refractivity contribution >= 4 is 11.9 Å². The van der Waals surface area contributed by atoms with Crippen LogP contribution in [0.15, 0.2) is 35.6 Å². The Kier molecular flexibility index (Phi) is 6.08. The Morgan fingerprint density at radius 2 is 2.21 bits per heavy atom. The van der Waals surface area contributed by atoms with E-state index in [1.165, 1.54) is 6.21 Å². The molecule has 1 aromatic carbocycles. The number of hydrogen-bond donors (Lipinski definition) is 4. The van der Waals surface area contributed by atoms with Crippen LogP contribution in [0.1, 0.15) is 44.7 Å². The maximum absolute atomic E-state index is 10.1. The van der Waals surface area contributed by atoms with Gasteiger partial charge in [0.2, 0.25) is 0 Å². The highest BCUT2D eigenvalue weighted by atomic mass is 16.5. The molecule has 1 unspecified atom stereocenters. The molecule has 7 nitrogen and oxygen atoms in total. The quantitative estimate of drug-likeness (QED) is 0.340. The molecule has 130 valence electrons. The Morgan fingerprint density at radius 1 is 1.46 bits per heavy atom. The molecule has 0 saturated carbocycles. The van der Waals surface area contributed by atoms with Crippen molar-refractivity contribution in [2.75, 3.05) is 6.61 Å². The number of nitrogens with one attached hydrogen (secondary N) is 2. The molecule has 24 heavy (non-hydrogen) atoms. The number of rotatable bonds is 8. The zero-order chi connectivity index (χ0) is 17.5. The molecule has 1 aromatic heterocycles. The van der Waals surface area contributed by atoms with Gasteiger partial charge in [0.25, 0.3) is 0 Å². The number of hydrogen-bond acceptors (Lipinski definition) is 5. The Bertz CT molecular complexity index is 703. The number of H-pyrrole nitrogens is 1. The molecule has 0 aliphatic heterocycles. The SMILES string of the molecule is CC/C=C(\C)n1cc(C(O)N/N=C/c2cccc(OCC)c2O)[nH]1. The summed E-state index contributed by atoms with van der Waals surface area (Å²) in [7, 11) is 0. The number of aliphatic hydroxyl groups excluding tert-OH is 1. The summed E-state index contributed by atoms with van der Waals surface area (Å²) in [6.45, 7) is 6.36. The third kappa shape index (κ3) is 4.20. The van der Waals surface area contributed by atoms with Crippen molar-refractivity contribution in [2.24, 2.45) is 5.10 Å². The number of phenols is 1. The first-order valence-corrected chi connectivity index (χ1v) is 7.92. The molecule has 1 atom stereocenters. The third-order valence-electron chi connectivity index (χ3n) is 3.42. The first-order chi connectivity index (χ1) is 11.6. The molecular formula is C17H24N4O3. The summed E-state index contributed by atoms with van der Waals surface area (Å²) in [5.41, 5.74) is 4.78. The average molecular weight is 332 g/mol. The summed E-state index contributed by atoms with van der Waals surface area (Å²) < 4.78 is 7.14. The van der Waals surface area contributed by atoms with Gasteiger partial charge in [-0.2, -0.15) is 5.10 Å². The third-order valence-corrected chi connectivity index (χ3v) is 3.42. The number of nitrogens with zero attached hydrogens (tertiary/aromatic N) is 2. The molecule has 0 aliphatic rings. The van der Waals surface area contributed by atoms with Crippen molar-refractivity contribution in [3.05, 3.63) is 41.7 Å². The van der Waals surface area contributed by atoms with Crippen molar-refractivity contribution in [2.45, 2.75) is 33.4 Å². The highest BCUT2D eigenvalue weighted by Gasteiger charge is 2.12. The predicted molar refractivity (Wildman–Crippen MR) is 94.0 cm³/mol. The Morgan fingerprint density at radius 3 is 2.88 bits per heavy atom. The normalized spacial score (nSPS) is 13.4. The molecule has 2 aromatic rings. The van der Waals surface area contributed by atoms with Crippen LogP contribution in [0.4, 0.5) is 0 Å². The number of aromatic hydroxyl groups is 1. The summed E-state index contributed by atoms with van der Waals surface area (Å²) in [5.74, 6) is 0.422. The zero-order valence-corrected chi connectivity index (χ0v) is 14.2. The number of phenolic OH excluding ortho intramolecular Hbond substituents is 1. The van der Waals surface area contributed by atoms with Crippen molar-refractivity contribution in [3.8, 4) is 11.5 Å². The highest BCUT2D eigenvalue weighted by molar-refractivity contribution is 5.84. The van der Waals surface area contributed by atoms with Gasteiger partial charge in [0.1, 0.15) is 5.69 Å². The van der Waals surface area contributed by atoms with E-state index in [0.717, 1.165) is 12.1 Å². The van der Waals surface area contributed by atoms with Gasteiger partial charge in [0.05, 0.1) is 19.0 Å².